The third-order valence-electron chi connectivity index (χ3n) is 4.75. The summed E-state index contributed by atoms with van der Waals surface area (Å²) < 4.78 is 10.7. The first-order valence-electron chi connectivity index (χ1n) is 9.76. The SMILES string of the molecule is CCN(CC)C(=O)c1cccc(NC(=O)CN(C)Cc2ccc3c(c2)OCO3)c1. The zero-order valence-corrected chi connectivity index (χ0v) is 17.1. The van der Waals surface area contributed by atoms with Crippen molar-refractivity contribution in [3.63, 3.8) is 0 Å². The summed E-state index contributed by atoms with van der Waals surface area (Å²) in [6.07, 6.45) is 0. The first kappa shape index (κ1) is 20.7. The van der Waals surface area contributed by atoms with Crippen LogP contribution in [0.4, 0.5) is 5.69 Å². The lowest BCUT2D eigenvalue weighted by molar-refractivity contribution is -0.117. The number of carbonyl (C=O) groups is 2. The van der Waals surface area contributed by atoms with Gasteiger partial charge in [-0.25, -0.2) is 0 Å². The highest BCUT2D eigenvalue weighted by Crippen LogP contribution is 2.32. The molecule has 0 fully saturated rings. The lowest BCUT2D eigenvalue weighted by atomic mass is 10.1. The number of fused-ring (bicyclic) bond motifs is 1. The first-order valence-corrected chi connectivity index (χ1v) is 9.76. The predicted molar refractivity (Wildman–Crippen MR) is 111 cm³/mol. The Kier molecular flexibility index (Phi) is 6.72. The van der Waals surface area contributed by atoms with Gasteiger partial charge in [0, 0.05) is 30.9 Å². The number of likely N-dealkylation sites (N-methyl/N-ethyl adjacent to an activating group) is 1. The summed E-state index contributed by atoms with van der Waals surface area (Å²) in [5.41, 5.74) is 2.22. The van der Waals surface area contributed by atoms with Crippen LogP contribution in [0.15, 0.2) is 42.5 Å². The van der Waals surface area contributed by atoms with Crippen LogP contribution in [0, 0.1) is 0 Å². The molecule has 1 N–H and O–H groups in total. The van der Waals surface area contributed by atoms with E-state index in [2.05, 4.69) is 5.32 Å². The maximum atomic E-state index is 12.5. The molecule has 0 saturated heterocycles. The van der Waals surface area contributed by atoms with Crippen LogP contribution in [0.25, 0.3) is 0 Å². The van der Waals surface area contributed by atoms with E-state index in [1.165, 1.54) is 0 Å². The van der Waals surface area contributed by atoms with Gasteiger partial charge in [0.2, 0.25) is 12.7 Å². The molecule has 7 nitrogen and oxygen atoms in total. The Morgan fingerprint density at radius 3 is 2.55 bits per heavy atom. The maximum absolute atomic E-state index is 12.5. The Hall–Kier alpha value is -3.06. The molecule has 154 valence electrons. The Morgan fingerprint density at radius 1 is 1.03 bits per heavy atom. The van der Waals surface area contributed by atoms with E-state index in [-0.39, 0.29) is 25.2 Å². The summed E-state index contributed by atoms with van der Waals surface area (Å²) in [6, 6.07) is 12.8. The fourth-order valence-electron chi connectivity index (χ4n) is 3.28. The zero-order valence-electron chi connectivity index (χ0n) is 17.1. The molecule has 0 aromatic heterocycles. The van der Waals surface area contributed by atoms with Crippen molar-refractivity contribution in [2.45, 2.75) is 20.4 Å². The van der Waals surface area contributed by atoms with Gasteiger partial charge in [-0.15, -0.1) is 0 Å². The van der Waals surface area contributed by atoms with E-state index >= 15 is 0 Å². The Bertz CT molecular complexity index is 880. The van der Waals surface area contributed by atoms with Crippen molar-refractivity contribution in [2.24, 2.45) is 0 Å². The molecular weight excluding hydrogens is 370 g/mol. The molecule has 3 rings (SSSR count). The zero-order chi connectivity index (χ0) is 20.8. The first-order chi connectivity index (χ1) is 14.0. The number of amides is 2. The average Bonchev–Trinajstić information content (AvgIpc) is 3.16. The van der Waals surface area contributed by atoms with Crippen molar-refractivity contribution in [1.29, 1.82) is 0 Å². The van der Waals surface area contributed by atoms with Gasteiger partial charge in [0.05, 0.1) is 6.54 Å². The van der Waals surface area contributed by atoms with E-state index in [4.69, 9.17) is 9.47 Å². The van der Waals surface area contributed by atoms with E-state index in [0.29, 0.717) is 30.9 Å². The van der Waals surface area contributed by atoms with Crippen LogP contribution in [-0.2, 0) is 11.3 Å². The van der Waals surface area contributed by atoms with Gasteiger partial charge < -0.3 is 19.7 Å². The number of benzene rings is 2. The molecule has 2 amide bonds. The largest absolute Gasteiger partial charge is 0.454 e. The highest BCUT2D eigenvalue weighted by atomic mass is 16.7. The molecule has 1 aliphatic heterocycles. The minimum Gasteiger partial charge on any atom is -0.454 e. The second kappa shape index (κ2) is 9.43. The molecule has 0 unspecified atom stereocenters. The molecule has 0 bridgehead atoms. The smallest absolute Gasteiger partial charge is 0.253 e. The third kappa shape index (κ3) is 5.26. The van der Waals surface area contributed by atoms with Crippen LogP contribution < -0.4 is 14.8 Å². The number of nitrogens with zero attached hydrogens (tertiary/aromatic N) is 2. The normalized spacial score (nSPS) is 12.1. The molecule has 0 aliphatic carbocycles. The molecular formula is C22H27N3O4. The van der Waals surface area contributed by atoms with Crippen molar-refractivity contribution in [1.82, 2.24) is 9.80 Å². The highest BCUT2D eigenvalue weighted by Gasteiger charge is 2.16. The van der Waals surface area contributed by atoms with Gasteiger partial charge in [-0.1, -0.05) is 12.1 Å². The van der Waals surface area contributed by atoms with Crippen molar-refractivity contribution in [2.75, 3.05) is 38.8 Å². The van der Waals surface area contributed by atoms with Crippen LogP contribution in [0.1, 0.15) is 29.8 Å². The van der Waals surface area contributed by atoms with Crippen molar-refractivity contribution < 1.29 is 19.1 Å². The van der Waals surface area contributed by atoms with Crippen LogP contribution in [0.2, 0.25) is 0 Å². The van der Waals surface area contributed by atoms with Gasteiger partial charge in [-0.3, -0.25) is 14.5 Å². The summed E-state index contributed by atoms with van der Waals surface area (Å²) >= 11 is 0. The highest BCUT2D eigenvalue weighted by molar-refractivity contribution is 5.97. The predicted octanol–water partition coefficient (Wildman–Crippen LogP) is 2.97. The van der Waals surface area contributed by atoms with Crippen LogP contribution >= 0.6 is 0 Å². The fraction of sp³-hybridized carbons (Fsp3) is 0.364. The number of ether oxygens (including phenoxy) is 2. The lowest BCUT2D eigenvalue weighted by Gasteiger charge is -2.19. The van der Waals surface area contributed by atoms with Crippen LogP contribution in [-0.4, -0.2) is 55.1 Å². The molecule has 1 aliphatic rings. The third-order valence-corrected chi connectivity index (χ3v) is 4.75. The maximum Gasteiger partial charge on any atom is 0.253 e. The minimum atomic E-state index is -0.138. The van der Waals surface area contributed by atoms with Gasteiger partial charge in [-0.2, -0.15) is 0 Å². The number of carbonyl (C=O) groups excluding carboxylic acids is 2. The van der Waals surface area contributed by atoms with E-state index in [1.54, 1.807) is 29.2 Å². The van der Waals surface area contributed by atoms with Crippen molar-refractivity contribution in [3.05, 3.63) is 53.6 Å². The number of nitrogens with one attached hydrogen (secondary N) is 1. The molecule has 29 heavy (non-hydrogen) atoms. The standard InChI is InChI=1S/C22H27N3O4/c1-4-25(5-2)22(27)17-7-6-8-18(12-17)23-21(26)14-24(3)13-16-9-10-19-20(11-16)29-15-28-19/h6-12H,4-5,13-15H2,1-3H3,(H,23,26). The number of hydrogen-bond donors (Lipinski definition) is 1. The number of rotatable bonds is 8. The van der Waals surface area contributed by atoms with E-state index in [9.17, 15) is 9.59 Å². The van der Waals surface area contributed by atoms with E-state index < -0.39 is 0 Å². The summed E-state index contributed by atoms with van der Waals surface area (Å²) in [4.78, 5) is 28.6. The summed E-state index contributed by atoms with van der Waals surface area (Å²) in [6.45, 7) is 6.26. The lowest BCUT2D eigenvalue weighted by Crippen LogP contribution is -2.31. The van der Waals surface area contributed by atoms with Crippen LogP contribution in [0.5, 0.6) is 11.5 Å². The molecule has 0 spiro atoms. The summed E-state index contributed by atoms with van der Waals surface area (Å²) in [5.74, 6) is 1.30. The summed E-state index contributed by atoms with van der Waals surface area (Å²) in [5, 5.41) is 2.87. The van der Waals surface area contributed by atoms with Gasteiger partial charge in [0.15, 0.2) is 11.5 Å². The van der Waals surface area contributed by atoms with E-state index in [0.717, 1.165) is 17.1 Å². The Balaban J connectivity index is 1.56. The van der Waals surface area contributed by atoms with Gasteiger partial charge >= 0.3 is 0 Å². The van der Waals surface area contributed by atoms with Gasteiger partial charge in [0.1, 0.15) is 0 Å². The van der Waals surface area contributed by atoms with E-state index in [1.807, 2.05) is 44.0 Å². The summed E-state index contributed by atoms with van der Waals surface area (Å²) in [7, 11) is 1.88. The topological polar surface area (TPSA) is 71.1 Å². The molecule has 0 atom stereocenters. The second-order valence-corrected chi connectivity index (χ2v) is 6.97. The molecule has 2 aromatic rings. The van der Waals surface area contributed by atoms with Gasteiger partial charge in [0.25, 0.3) is 5.91 Å². The second-order valence-electron chi connectivity index (χ2n) is 6.97. The monoisotopic (exact) mass is 397 g/mol. The molecule has 0 saturated carbocycles. The fourth-order valence-corrected chi connectivity index (χ4v) is 3.28. The minimum absolute atomic E-state index is 0.0361. The molecule has 1 heterocycles. The Morgan fingerprint density at radius 2 is 1.79 bits per heavy atom. The molecule has 7 heteroatoms. The number of anilines is 1. The van der Waals surface area contributed by atoms with Gasteiger partial charge in [-0.05, 0) is 56.8 Å². The average molecular weight is 397 g/mol. The quantitative estimate of drug-likeness (QED) is 0.742. The van der Waals surface area contributed by atoms with Crippen molar-refractivity contribution >= 4 is 17.5 Å². The number of hydrogen-bond acceptors (Lipinski definition) is 5. The van der Waals surface area contributed by atoms with Crippen LogP contribution in [0.3, 0.4) is 0 Å². The molecule has 2 aromatic carbocycles. The molecule has 0 radical (unpaired) electrons. The van der Waals surface area contributed by atoms with Crippen molar-refractivity contribution in [3.8, 4) is 11.5 Å². The Labute approximate surface area is 171 Å².